The van der Waals surface area contributed by atoms with Gasteiger partial charge in [-0.3, -0.25) is 14.3 Å². The number of aromatic nitrogens is 4. The Hall–Kier alpha value is -3.17. The fourth-order valence-electron chi connectivity index (χ4n) is 3.30. The summed E-state index contributed by atoms with van der Waals surface area (Å²) < 4.78 is 40.8. The summed E-state index contributed by atoms with van der Waals surface area (Å²) in [5, 5.41) is 11.8. The third-order valence-electron chi connectivity index (χ3n) is 4.91. The number of halogens is 3. The van der Waals surface area contributed by atoms with Gasteiger partial charge in [0.1, 0.15) is 12.1 Å². The highest BCUT2D eigenvalue weighted by Gasteiger charge is 2.30. The van der Waals surface area contributed by atoms with Crippen LogP contribution in [0.15, 0.2) is 35.3 Å². The van der Waals surface area contributed by atoms with E-state index in [1.165, 1.54) is 12.1 Å². The molecular weight excluding hydrogens is 411 g/mol. The number of hydrogen-bond donors (Lipinski definition) is 1. The predicted octanol–water partition coefficient (Wildman–Crippen LogP) is 3.55. The highest BCUT2D eigenvalue weighted by atomic mass is 19.4. The van der Waals surface area contributed by atoms with Crippen LogP contribution in [-0.4, -0.2) is 25.5 Å². The van der Waals surface area contributed by atoms with Gasteiger partial charge in [-0.2, -0.15) is 23.4 Å². The number of benzene rings is 1. The van der Waals surface area contributed by atoms with Crippen LogP contribution in [0.2, 0.25) is 0 Å². The van der Waals surface area contributed by atoms with Crippen molar-refractivity contribution in [3.8, 4) is 0 Å². The maximum absolute atomic E-state index is 13.0. The summed E-state index contributed by atoms with van der Waals surface area (Å²) in [7, 11) is 0. The minimum Gasteiger partial charge on any atom is -0.348 e. The van der Waals surface area contributed by atoms with Crippen molar-refractivity contribution < 1.29 is 18.0 Å². The zero-order chi connectivity index (χ0) is 23.1. The van der Waals surface area contributed by atoms with E-state index in [1.807, 2.05) is 20.8 Å². The normalized spacial score (nSPS) is 13.4. The molecule has 0 bridgehead atoms. The largest absolute Gasteiger partial charge is 0.416 e. The predicted molar refractivity (Wildman–Crippen MR) is 110 cm³/mol. The Balaban J connectivity index is 1.82. The molecule has 0 saturated heterocycles. The zero-order valence-corrected chi connectivity index (χ0v) is 17.9. The molecule has 3 rings (SSSR count). The molecule has 0 saturated carbocycles. The monoisotopic (exact) mass is 435 g/mol. The van der Waals surface area contributed by atoms with Gasteiger partial charge in [0.25, 0.3) is 5.56 Å². The number of alkyl halides is 3. The lowest BCUT2D eigenvalue weighted by atomic mass is 10.1. The van der Waals surface area contributed by atoms with Crippen molar-refractivity contribution in [1.29, 1.82) is 0 Å². The number of nitrogens with zero attached hydrogens (tertiary/aromatic N) is 4. The van der Waals surface area contributed by atoms with Gasteiger partial charge in [0.2, 0.25) is 5.91 Å². The highest BCUT2D eigenvalue weighted by Crippen LogP contribution is 2.29. The first kappa shape index (κ1) is 22.5. The van der Waals surface area contributed by atoms with Gasteiger partial charge in [-0.25, -0.2) is 4.68 Å². The van der Waals surface area contributed by atoms with Crippen LogP contribution in [0.25, 0.3) is 10.9 Å². The van der Waals surface area contributed by atoms with E-state index in [9.17, 15) is 22.8 Å². The van der Waals surface area contributed by atoms with E-state index in [1.54, 1.807) is 24.7 Å². The summed E-state index contributed by atoms with van der Waals surface area (Å²) in [6.45, 7) is 8.80. The molecule has 31 heavy (non-hydrogen) atoms. The Morgan fingerprint density at radius 3 is 2.32 bits per heavy atom. The maximum Gasteiger partial charge on any atom is 0.416 e. The van der Waals surface area contributed by atoms with Gasteiger partial charge in [-0.1, -0.05) is 12.1 Å². The van der Waals surface area contributed by atoms with E-state index in [2.05, 4.69) is 15.5 Å². The summed E-state index contributed by atoms with van der Waals surface area (Å²) in [5.41, 5.74) is -0.196. The SMILES string of the molecule is Cc1nn(CC(=O)NC(C)c2ccc(C(F)(F)F)cc2)c(=O)c2c1cnn2C(C)(C)C. The number of nitrogens with one attached hydrogen (secondary N) is 1. The number of carbonyl (C=O) groups is 1. The van der Waals surface area contributed by atoms with Crippen molar-refractivity contribution in [2.45, 2.75) is 58.9 Å². The lowest BCUT2D eigenvalue weighted by molar-refractivity contribution is -0.137. The lowest BCUT2D eigenvalue weighted by Gasteiger charge is -2.20. The Bertz CT molecular complexity index is 1170. The molecule has 0 aliphatic carbocycles. The van der Waals surface area contributed by atoms with Crippen LogP contribution in [-0.2, 0) is 23.1 Å². The van der Waals surface area contributed by atoms with Crippen molar-refractivity contribution in [3.63, 3.8) is 0 Å². The maximum atomic E-state index is 13.0. The average Bonchev–Trinajstić information content (AvgIpc) is 3.11. The first-order chi connectivity index (χ1) is 14.3. The van der Waals surface area contributed by atoms with E-state index in [0.29, 0.717) is 22.2 Å². The third-order valence-corrected chi connectivity index (χ3v) is 4.91. The topological polar surface area (TPSA) is 81.8 Å². The van der Waals surface area contributed by atoms with E-state index >= 15 is 0 Å². The Labute approximate surface area is 176 Å². The fourth-order valence-corrected chi connectivity index (χ4v) is 3.30. The number of hydrogen-bond acceptors (Lipinski definition) is 4. The minimum atomic E-state index is -4.42. The molecule has 1 N–H and O–H groups in total. The molecular formula is C21H24F3N5O2. The summed E-state index contributed by atoms with van der Waals surface area (Å²) in [6, 6.07) is 4.02. The van der Waals surface area contributed by atoms with Crippen molar-refractivity contribution in [2.24, 2.45) is 0 Å². The molecule has 1 aromatic carbocycles. The second-order valence-electron chi connectivity index (χ2n) is 8.45. The summed E-state index contributed by atoms with van der Waals surface area (Å²) in [5.74, 6) is -0.484. The number of aryl methyl sites for hydroxylation is 1. The zero-order valence-electron chi connectivity index (χ0n) is 17.9. The molecule has 0 aliphatic rings. The third kappa shape index (κ3) is 4.62. The van der Waals surface area contributed by atoms with E-state index < -0.39 is 34.8 Å². The van der Waals surface area contributed by atoms with Gasteiger partial charge in [0.15, 0.2) is 0 Å². The number of carbonyl (C=O) groups excluding carboxylic acids is 1. The molecule has 7 nitrogen and oxygen atoms in total. The average molecular weight is 435 g/mol. The Morgan fingerprint density at radius 1 is 1.16 bits per heavy atom. The second-order valence-corrected chi connectivity index (χ2v) is 8.45. The lowest BCUT2D eigenvalue weighted by Crippen LogP contribution is -2.36. The molecule has 0 spiro atoms. The molecule has 2 aromatic heterocycles. The second kappa shape index (κ2) is 7.82. The van der Waals surface area contributed by atoms with Gasteiger partial charge in [0, 0.05) is 5.39 Å². The Morgan fingerprint density at radius 2 is 1.77 bits per heavy atom. The van der Waals surface area contributed by atoms with Gasteiger partial charge in [-0.15, -0.1) is 0 Å². The van der Waals surface area contributed by atoms with Crippen molar-refractivity contribution >= 4 is 16.8 Å². The molecule has 0 aliphatic heterocycles. The molecule has 0 radical (unpaired) electrons. The quantitative estimate of drug-likeness (QED) is 0.680. The van der Waals surface area contributed by atoms with Gasteiger partial charge in [-0.05, 0) is 52.3 Å². The summed E-state index contributed by atoms with van der Waals surface area (Å²) >= 11 is 0. The molecule has 3 aromatic rings. The number of rotatable bonds is 4. The van der Waals surface area contributed by atoms with Gasteiger partial charge < -0.3 is 5.32 Å². The van der Waals surface area contributed by atoms with Crippen LogP contribution in [0.4, 0.5) is 13.2 Å². The molecule has 166 valence electrons. The van der Waals surface area contributed by atoms with Gasteiger partial charge >= 0.3 is 6.18 Å². The van der Waals surface area contributed by atoms with E-state index in [-0.39, 0.29) is 6.54 Å². The molecule has 1 amide bonds. The minimum absolute atomic E-state index is 0.324. The van der Waals surface area contributed by atoms with E-state index in [4.69, 9.17) is 0 Å². The number of amides is 1. The molecule has 1 atom stereocenters. The highest BCUT2D eigenvalue weighted by molar-refractivity contribution is 5.81. The summed E-state index contributed by atoms with van der Waals surface area (Å²) in [6.07, 6.45) is -2.84. The molecule has 0 fully saturated rings. The Kier molecular flexibility index (Phi) is 5.68. The van der Waals surface area contributed by atoms with Crippen molar-refractivity contribution in [1.82, 2.24) is 24.9 Å². The standard InChI is InChI=1S/C21H24F3N5O2/c1-12(14-6-8-15(9-7-14)21(22,23)24)26-17(30)11-28-19(31)18-16(13(2)27-28)10-25-29(18)20(3,4)5/h6-10,12H,11H2,1-5H3,(H,26,30). The van der Waals surface area contributed by atoms with Crippen LogP contribution < -0.4 is 10.9 Å². The van der Waals surface area contributed by atoms with Crippen LogP contribution >= 0.6 is 0 Å². The smallest absolute Gasteiger partial charge is 0.348 e. The fraction of sp³-hybridized carbons (Fsp3) is 0.429. The summed E-state index contributed by atoms with van der Waals surface area (Å²) in [4.78, 5) is 25.5. The van der Waals surface area contributed by atoms with Crippen molar-refractivity contribution in [2.75, 3.05) is 0 Å². The first-order valence-electron chi connectivity index (χ1n) is 9.71. The molecule has 1 unspecified atom stereocenters. The molecule has 2 heterocycles. The van der Waals surface area contributed by atoms with Crippen LogP contribution in [0.5, 0.6) is 0 Å². The van der Waals surface area contributed by atoms with Crippen LogP contribution in [0.3, 0.4) is 0 Å². The number of fused-ring (bicyclic) bond motifs is 1. The van der Waals surface area contributed by atoms with Crippen LogP contribution in [0, 0.1) is 6.92 Å². The van der Waals surface area contributed by atoms with Gasteiger partial charge in [0.05, 0.1) is 29.0 Å². The first-order valence-corrected chi connectivity index (χ1v) is 9.71. The van der Waals surface area contributed by atoms with Crippen LogP contribution in [0.1, 0.15) is 50.6 Å². The molecule has 10 heteroatoms. The van der Waals surface area contributed by atoms with Crippen molar-refractivity contribution in [3.05, 3.63) is 57.6 Å². The van der Waals surface area contributed by atoms with E-state index in [0.717, 1.165) is 16.8 Å².